The number of rotatable bonds is 5. The van der Waals surface area contributed by atoms with E-state index in [1.807, 2.05) is 0 Å². The van der Waals surface area contributed by atoms with E-state index in [1.165, 1.54) is 17.4 Å². The molecule has 0 saturated heterocycles. The minimum atomic E-state index is -0.478. The van der Waals surface area contributed by atoms with Crippen molar-refractivity contribution in [1.82, 2.24) is 0 Å². The van der Waals surface area contributed by atoms with Crippen LogP contribution in [0.25, 0.3) is 0 Å². The highest BCUT2D eigenvalue weighted by molar-refractivity contribution is 7.10. The molecular weight excluding hydrogens is 213 g/mol. The van der Waals surface area contributed by atoms with Gasteiger partial charge in [-0.1, -0.05) is 13.2 Å². The van der Waals surface area contributed by atoms with E-state index in [1.54, 1.807) is 11.4 Å². The molecule has 1 rings (SSSR count). The molecule has 15 heavy (non-hydrogen) atoms. The van der Waals surface area contributed by atoms with Crippen LogP contribution in [0.2, 0.25) is 0 Å². The van der Waals surface area contributed by atoms with Crippen molar-refractivity contribution in [2.45, 2.75) is 6.54 Å². The summed E-state index contributed by atoms with van der Waals surface area (Å²) in [7, 11) is 0. The molecule has 0 fully saturated rings. The zero-order valence-corrected chi connectivity index (χ0v) is 9.02. The van der Waals surface area contributed by atoms with Crippen LogP contribution in [0.5, 0.6) is 5.75 Å². The SMILES string of the molecule is C=C/C(F)=C\C(=C)Oc1csc(CN)c1. The van der Waals surface area contributed by atoms with Gasteiger partial charge in [0.15, 0.2) is 0 Å². The molecule has 0 atom stereocenters. The Balaban J connectivity index is 2.62. The predicted octanol–water partition coefficient (Wildman–Crippen LogP) is 3.14. The summed E-state index contributed by atoms with van der Waals surface area (Å²) in [6, 6.07) is 1.80. The van der Waals surface area contributed by atoms with E-state index >= 15 is 0 Å². The number of hydrogen-bond acceptors (Lipinski definition) is 3. The fourth-order valence-corrected chi connectivity index (χ4v) is 1.58. The first-order chi connectivity index (χ1) is 7.15. The minimum Gasteiger partial charge on any atom is -0.457 e. The highest BCUT2D eigenvalue weighted by atomic mass is 32.1. The van der Waals surface area contributed by atoms with Gasteiger partial charge in [-0.15, -0.1) is 11.3 Å². The summed E-state index contributed by atoms with van der Waals surface area (Å²) >= 11 is 1.49. The quantitative estimate of drug-likeness (QED) is 0.617. The second-order valence-corrected chi connectivity index (χ2v) is 3.75. The molecule has 0 bridgehead atoms. The molecule has 2 N–H and O–H groups in total. The number of hydrogen-bond donors (Lipinski definition) is 1. The second kappa shape index (κ2) is 5.48. The van der Waals surface area contributed by atoms with Crippen molar-refractivity contribution in [2.75, 3.05) is 0 Å². The van der Waals surface area contributed by atoms with Gasteiger partial charge in [-0.2, -0.15) is 0 Å². The highest BCUT2D eigenvalue weighted by Gasteiger charge is 2.00. The third-order valence-corrected chi connectivity index (χ3v) is 2.51. The van der Waals surface area contributed by atoms with Crippen molar-refractivity contribution in [2.24, 2.45) is 5.73 Å². The largest absolute Gasteiger partial charge is 0.457 e. The minimum absolute atomic E-state index is 0.230. The van der Waals surface area contributed by atoms with Crippen molar-refractivity contribution in [3.63, 3.8) is 0 Å². The van der Waals surface area contributed by atoms with Crippen LogP contribution < -0.4 is 10.5 Å². The molecule has 0 saturated carbocycles. The highest BCUT2D eigenvalue weighted by Crippen LogP contribution is 2.23. The van der Waals surface area contributed by atoms with Crippen LogP contribution in [0.1, 0.15) is 4.88 Å². The Morgan fingerprint density at radius 2 is 2.40 bits per heavy atom. The van der Waals surface area contributed by atoms with Crippen LogP contribution in [0.4, 0.5) is 4.39 Å². The number of halogens is 1. The Morgan fingerprint density at radius 1 is 1.67 bits per heavy atom. The van der Waals surface area contributed by atoms with E-state index in [-0.39, 0.29) is 5.76 Å². The van der Waals surface area contributed by atoms with Crippen LogP contribution in [-0.2, 0) is 6.54 Å². The van der Waals surface area contributed by atoms with E-state index in [0.717, 1.165) is 11.0 Å². The van der Waals surface area contributed by atoms with E-state index in [2.05, 4.69) is 13.2 Å². The van der Waals surface area contributed by atoms with Crippen molar-refractivity contribution in [3.05, 3.63) is 53.2 Å². The second-order valence-electron chi connectivity index (χ2n) is 2.75. The lowest BCUT2D eigenvalue weighted by molar-refractivity contribution is 0.445. The summed E-state index contributed by atoms with van der Waals surface area (Å²) in [6.07, 6.45) is 2.26. The number of allylic oxidation sites excluding steroid dienone is 3. The first kappa shape index (κ1) is 11.7. The molecule has 0 spiro atoms. The van der Waals surface area contributed by atoms with Crippen molar-refractivity contribution >= 4 is 11.3 Å². The van der Waals surface area contributed by atoms with Gasteiger partial charge in [-0.3, -0.25) is 0 Å². The Hall–Kier alpha value is -1.39. The molecule has 1 aromatic heterocycles. The molecule has 0 aromatic carbocycles. The van der Waals surface area contributed by atoms with Crippen LogP contribution in [-0.4, -0.2) is 0 Å². The Kier molecular flexibility index (Phi) is 4.27. The summed E-state index contributed by atoms with van der Waals surface area (Å²) in [6.45, 7) is 7.31. The molecule has 1 heterocycles. The number of nitrogens with two attached hydrogens (primary N) is 1. The number of thiophene rings is 1. The molecule has 0 radical (unpaired) electrons. The Bertz CT molecular complexity index is 395. The maximum atomic E-state index is 12.7. The molecule has 0 aliphatic rings. The van der Waals surface area contributed by atoms with E-state index in [4.69, 9.17) is 10.5 Å². The van der Waals surface area contributed by atoms with Gasteiger partial charge >= 0.3 is 0 Å². The topological polar surface area (TPSA) is 35.2 Å². The van der Waals surface area contributed by atoms with E-state index in [0.29, 0.717) is 12.3 Å². The van der Waals surface area contributed by atoms with Gasteiger partial charge in [0, 0.05) is 22.9 Å². The molecule has 0 unspecified atom stereocenters. The van der Waals surface area contributed by atoms with Gasteiger partial charge in [0.1, 0.15) is 17.3 Å². The molecule has 0 aliphatic carbocycles. The lowest BCUT2D eigenvalue weighted by atomic mass is 10.4. The molecule has 80 valence electrons. The molecule has 1 aromatic rings. The fourth-order valence-electron chi connectivity index (χ4n) is 0.915. The summed E-state index contributed by atoms with van der Waals surface area (Å²) in [5, 5.41) is 1.80. The maximum absolute atomic E-state index is 12.7. The van der Waals surface area contributed by atoms with Gasteiger partial charge in [-0.05, 0) is 12.1 Å². The van der Waals surface area contributed by atoms with Crippen LogP contribution >= 0.6 is 11.3 Å². The van der Waals surface area contributed by atoms with Crippen molar-refractivity contribution < 1.29 is 9.13 Å². The van der Waals surface area contributed by atoms with Crippen molar-refractivity contribution in [3.8, 4) is 5.75 Å². The summed E-state index contributed by atoms with van der Waals surface area (Å²) in [5.74, 6) is 0.376. The van der Waals surface area contributed by atoms with Gasteiger partial charge in [0.05, 0.1) is 0 Å². The maximum Gasteiger partial charge on any atom is 0.138 e. The van der Waals surface area contributed by atoms with Crippen LogP contribution in [0, 0.1) is 0 Å². The zero-order chi connectivity index (χ0) is 11.3. The smallest absolute Gasteiger partial charge is 0.138 e. The fraction of sp³-hybridized carbons (Fsp3) is 0.0909. The van der Waals surface area contributed by atoms with Gasteiger partial charge in [0.25, 0.3) is 0 Å². The average Bonchev–Trinajstić information content (AvgIpc) is 2.65. The average molecular weight is 225 g/mol. The summed E-state index contributed by atoms with van der Waals surface area (Å²) < 4.78 is 18.0. The normalized spacial score (nSPS) is 11.2. The summed E-state index contributed by atoms with van der Waals surface area (Å²) in [5.41, 5.74) is 5.44. The molecule has 2 nitrogen and oxygen atoms in total. The zero-order valence-electron chi connectivity index (χ0n) is 8.20. The number of ether oxygens (including phenoxy) is 1. The molecule has 0 aliphatic heterocycles. The lowest BCUT2D eigenvalue weighted by Crippen LogP contribution is -1.92. The van der Waals surface area contributed by atoms with Gasteiger partial charge < -0.3 is 10.5 Å². The monoisotopic (exact) mass is 225 g/mol. The molecule has 0 amide bonds. The van der Waals surface area contributed by atoms with Crippen LogP contribution in [0.3, 0.4) is 0 Å². The van der Waals surface area contributed by atoms with Crippen molar-refractivity contribution in [1.29, 1.82) is 0 Å². The Morgan fingerprint density at radius 3 is 2.93 bits per heavy atom. The molecular formula is C11H12FNOS. The first-order valence-electron chi connectivity index (χ1n) is 4.29. The van der Waals surface area contributed by atoms with Gasteiger partial charge in [-0.25, -0.2) is 4.39 Å². The summed E-state index contributed by atoms with van der Waals surface area (Å²) in [4.78, 5) is 1.01. The lowest BCUT2D eigenvalue weighted by Gasteiger charge is -2.01. The third kappa shape index (κ3) is 3.69. The van der Waals surface area contributed by atoms with E-state index in [9.17, 15) is 4.39 Å². The first-order valence-corrected chi connectivity index (χ1v) is 5.17. The van der Waals surface area contributed by atoms with E-state index < -0.39 is 5.83 Å². The van der Waals surface area contributed by atoms with Gasteiger partial charge in [0.2, 0.25) is 0 Å². The predicted molar refractivity (Wildman–Crippen MR) is 61.4 cm³/mol. The Labute approximate surface area is 92.2 Å². The van der Waals surface area contributed by atoms with Crippen LogP contribution in [0.15, 0.2) is 48.3 Å². The standard InChI is InChI=1S/C11H12FNOS/c1-3-9(12)4-8(2)14-10-5-11(6-13)15-7-10/h3-5,7H,1-2,6,13H2/b9-4+. The molecule has 4 heteroatoms. The third-order valence-electron chi connectivity index (χ3n) is 1.57.